The normalized spacial score (nSPS) is 16.3. The lowest BCUT2D eigenvalue weighted by atomic mass is 10.1. The second-order valence-corrected chi connectivity index (χ2v) is 9.38. The van der Waals surface area contributed by atoms with Gasteiger partial charge in [-0.3, -0.25) is 4.79 Å². The van der Waals surface area contributed by atoms with E-state index in [1.54, 1.807) is 6.07 Å². The van der Waals surface area contributed by atoms with E-state index in [0.29, 0.717) is 33.7 Å². The molecule has 0 radical (unpaired) electrons. The molecule has 170 valence electrons. The molecule has 2 saturated carbocycles. The number of amides is 1. The number of benzene rings is 2. The van der Waals surface area contributed by atoms with Crippen LogP contribution in [0, 0.1) is 0 Å². The fourth-order valence-corrected chi connectivity index (χ4v) is 4.37. The number of halogens is 3. The Kier molecular flexibility index (Phi) is 6.21. The van der Waals surface area contributed by atoms with Crippen LogP contribution in [-0.2, 0) is 0 Å². The number of ether oxygens (including phenoxy) is 1. The monoisotopic (exact) mass is 485 g/mol. The van der Waals surface area contributed by atoms with Crippen LogP contribution in [0.4, 0.5) is 4.39 Å². The standard InChI is InChI=1S/C25H22Cl2FN3O2/c26-17-8-9-19(20(27)11-17)21(28)12-29-25(32)23-22(13-30-31-24(23)15-6-7-15)33-18-3-1-2-16(10-18)14-4-5-14/h1-3,8-11,13-15,21H,4-7,12H2,(H,29,32). The molecule has 1 aromatic heterocycles. The lowest BCUT2D eigenvalue weighted by Crippen LogP contribution is -2.29. The molecule has 5 rings (SSSR count). The first-order valence-corrected chi connectivity index (χ1v) is 11.8. The highest BCUT2D eigenvalue weighted by molar-refractivity contribution is 6.35. The van der Waals surface area contributed by atoms with Gasteiger partial charge in [0.15, 0.2) is 5.75 Å². The van der Waals surface area contributed by atoms with Crippen LogP contribution in [0.1, 0.15) is 70.9 Å². The molecular weight excluding hydrogens is 464 g/mol. The molecule has 1 amide bonds. The maximum absolute atomic E-state index is 14.8. The molecule has 0 spiro atoms. The number of carbonyl (C=O) groups excluding carboxylic acids is 1. The molecule has 5 nitrogen and oxygen atoms in total. The van der Waals surface area contributed by atoms with Crippen LogP contribution in [0.2, 0.25) is 10.0 Å². The topological polar surface area (TPSA) is 64.1 Å². The van der Waals surface area contributed by atoms with Gasteiger partial charge in [-0.2, -0.15) is 10.2 Å². The second-order valence-electron chi connectivity index (χ2n) is 8.54. The Morgan fingerprint density at radius 1 is 1.12 bits per heavy atom. The van der Waals surface area contributed by atoms with Gasteiger partial charge < -0.3 is 10.1 Å². The largest absolute Gasteiger partial charge is 0.455 e. The van der Waals surface area contributed by atoms with Gasteiger partial charge in [0.05, 0.1) is 18.4 Å². The zero-order valence-corrected chi connectivity index (χ0v) is 19.2. The molecule has 2 fully saturated rings. The molecule has 0 aliphatic heterocycles. The Balaban J connectivity index is 1.37. The van der Waals surface area contributed by atoms with Gasteiger partial charge in [-0.25, -0.2) is 4.39 Å². The third-order valence-corrected chi connectivity index (χ3v) is 6.47. The van der Waals surface area contributed by atoms with Gasteiger partial charge in [0.1, 0.15) is 17.5 Å². The van der Waals surface area contributed by atoms with Crippen molar-refractivity contribution in [2.45, 2.75) is 43.7 Å². The van der Waals surface area contributed by atoms with Crippen molar-refractivity contribution in [1.82, 2.24) is 15.5 Å². The molecule has 1 atom stereocenters. The number of hydrogen-bond acceptors (Lipinski definition) is 4. The first kappa shape index (κ1) is 22.1. The number of carbonyl (C=O) groups is 1. The van der Waals surface area contributed by atoms with E-state index in [1.807, 2.05) is 18.2 Å². The van der Waals surface area contributed by atoms with Gasteiger partial charge in [0.2, 0.25) is 0 Å². The molecule has 0 saturated heterocycles. The van der Waals surface area contributed by atoms with Crippen LogP contribution < -0.4 is 10.1 Å². The molecule has 2 aliphatic rings. The number of hydrogen-bond donors (Lipinski definition) is 1. The summed E-state index contributed by atoms with van der Waals surface area (Å²) in [7, 11) is 0. The second kappa shape index (κ2) is 9.27. The summed E-state index contributed by atoms with van der Waals surface area (Å²) in [6.45, 7) is -0.247. The molecule has 1 unspecified atom stereocenters. The van der Waals surface area contributed by atoms with Crippen LogP contribution in [0.3, 0.4) is 0 Å². The summed E-state index contributed by atoms with van der Waals surface area (Å²) in [6, 6.07) is 12.4. The molecule has 3 aromatic rings. The van der Waals surface area contributed by atoms with E-state index in [1.165, 1.54) is 36.7 Å². The molecule has 0 bridgehead atoms. The summed E-state index contributed by atoms with van der Waals surface area (Å²) in [5, 5.41) is 11.6. The number of aromatic nitrogens is 2. The highest BCUT2D eigenvalue weighted by atomic mass is 35.5. The molecule has 1 N–H and O–H groups in total. The number of alkyl halides is 1. The van der Waals surface area contributed by atoms with Crippen LogP contribution >= 0.6 is 23.2 Å². The Bertz CT molecular complexity index is 1200. The van der Waals surface area contributed by atoms with Gasteiger partial charge in [-0.1, -0.05) is 41.4 Å². The number of nitrogens with one attached hydrogen (secondary N) is 1. The Labute approximate surface area is 201 Å². The quantitative estimate of drug-likeness (QED) is 0.382. The van der Waals surface area contributed by atoms with E-state index < -0.39 is 12.1 Å². The Hall–Kier alpha value is -2.70. The fourth-order valence-electron chi connectivity index (χ4n) is 3.84. The van der Waals surface area contributed by atoms with Crippen LogP contribution in [0.15, 0.2) is 48.7 Å². The van der Waals surface area contributed by atoms with Gasteiger partial charge in [-0.15, -0.1) is 0 Å². The number of nitrogens with zero attached hydrogens (tertiary/aromatic N) is 2. The predicted octanol–water partition coefficient (Wildman–Crippen LogP) is 6.77. The van der Waals surface area contributed by atoms with Crippen LogP contribution in [-0.4, -0.2) is 22.6 Å². The van der Waals surface area contributed by atoms with E-state index in [4.69, 9.17) is 27.9 Å². The summed E-state index contributed by atoms with van der Waals surface area (Å²) in [6.07, 6.45) is 4.18. The van der Waals surface area contributed by atoms with Gasteiger partial charge in [0, 0.05) is 21.5 Å². The zero-order valence-electron chi connectivity index (χ0n) is 17.7. The van der Waals surface area contributed by atoms with E-state index in [2.05, 4.69) is 21.6 Å². The minimum Gasteiger partial charge on any atom is -0.455 e. The van der Waals surface area contributed by atoms with E-state index in [0.717, 1.165) is 12.8 Å². The molecule has 8 heteroatoms. The number of rotatable bonds is 8. The zero-order chi connectivity index (χ0) is 22.9. The average Bonchev–Trinajstić information content (AvgIpc) is 3.70. The van der Waals surface area contributed by atoms with E-state index in [9.17, 15) is 9.18 Å². The molecular formula is C25H22Cl2FN3O2. The van der Waals surface area contributed by atoms with Crippen molar-refractivity contribution >= 4 is 29.1 Å². The highest BCUT2D eigenvalue weighted by Gasteiger charge is 2.33. The summed E-state index contributed by atoms with van der Waals surface area (Å²) >= 11 is 12.0. The smallest absolute Gasteiger partial charge is 0.257 e. The van der Waals surface area contributed by atoms with Gasteiger partial charge in [-0.05, 0) is 61.4 Å². The molecule has 2 aliphatic carbocycles. The maximum atomic E-state index is 14.8. The van der Waals surface area contributed by atoms with E-state index >= 15 is 0 Å². The Morgan fingerprint density at radius 2 is 1.91 bits per heavy atom. The summed E-state index contributed by atoms with van der Waals surface area (Å²) in [4.78, 5) is 13.2. The van der Waals surface area contributed by atoms with Crippen LogP contribution in [0.25, 0.3) is 0 Å². The minimum atomic E-state index is -1.49. The van der Waals surface area contributed by atoms with Crippen LogP contribution in [0.5, 0.6) is 11.5 Å². The maximum Gasteiger partial charge on any atom is 0.257 e. The van der Waals surface area contributed by atoms with Crippen molar-refractivity contribution in [3.05, 3.63) is 81.1 Å². The molecule has 2 aromatic carbocycles. The van der Waals surface area contributed by atoms with Gasteiger partial charge >= 0.3 is 0 Å². The third-order valence-electron chi connectivity index (χ3n) is 5.91. The lowest BCUT2D eigenvalue weighted by molar-refractivity contribution is 0.0937. The first-order valence-electron chi connectivity index (χ1n) is 11.0. The highest BCUT2D eigenvalue weighted by Crippen LogP contribution is 2.44. The molecule has 1 heterocycles. The minimum absolute atomic E-state index is 0.159. The van der Waals surface area contributed by atoms with Crippen molar-refractivity contribution in [3.63, 3.8) is 0 Å². The fraction of sp³-hybridized carbons (Fsp3) is 0.320. The summed E-state index contributed by atoms with van der Waals surface area (Å²) in [5.74, 6) is 1.24. The molecule has 33 heavy (non-hydrogen) atoms. The lowest BCUT2D eigenvalue weighted by Gasteiger charge is -2.16. The van der Waals surface area contributed by atoms with Crippen molar-refractivity contribution in [1.29, 1.82) is 0 Å². The predicted molar refractivity (Wildman–Crippen MR) is 125 cm³/mol. The van der Waals surface area contributed by atoms with Crippen molar-refractivity contribution in [2.24, 2.45) is 0 Å². The third kappa shape index (κ3) is 5.12. The average molecular weight is 486 g/mol. The Morgan fingerprint density at radius 3 is 2.64 bits per heavy atom. The van der Waals surface area contributed by atoms with E-state index in [-0.39, 0.29) is 23.0 Å². The van der Waals surface area contributed by atoms with Crippen molar-refractivity contribution < 1.29 is 13.9 Å². The first-order chi connectivity index (χ1) is 16.0. The summed E-state index contributed by atoms with van der Waals surface area (Å²) in [5.41, 5.74) is 2.38. The van der Waals surface area contributed by atoms with Crippen molar-refractivity contribution in [3.8, 4) is 11.5 Å². The SMILES string of the molecule is O=C(NCC(F)c1ccc(Cl)cc1Cl)c1c(Oc2cccc(C3CC3)c2)cnnc1C1CC1. The summed E-state index contributed by atoms with van der Waals surface area (Å²) < 4.78 is 20.9. The van der Waals surface area contributed by atoms with Gasteiger partial charge in [0.25, 0.3) is 5.91 Å². The van der Waals surface area contributed by atoms with Crippen molar-refractivity contribution in [2.75, 3.05) is 6.54 Å².